The largest absolute Gasteiger partial charge is 0.452 e. The highest BCUT2D eigenvalue weighted by Gasteiger charge is 2.18. The second kappa shape index (κ2) is 10.4. The van der Waals surface area contributed by atoms with E-state index in [1.54, 1.807) is 0 Å². The Labute approximate surface area is 287 Å². The average molecular weight is 637 g/mol. The molecule has 2 aromatic heterocycles. The van der Waals surface area contributed by atoms with Gasteiger partial charge in [-0.15, -0.1) is 0 Å². The van der Waals surface area contributed by atoms with Crippen molar-refractivity contribution in [1.29, 1.82) is 0 Å². The van der Waals surface area contributed by atoms with Crippen molar-refractivity contribution >= 4 is 76.2 Å². The Morgan fingerprint density at radius 1 is 0.260 bits per heavy atom. The van der Waals surface area contributed by atoms with Gasteiger partial charge in [0.15, 0.2) is 11.2 Å². The van der Waals surface area contributed by atoms with Crippen LogP contribution in [0, 0.1) is 0 Å². The summed E-state index contributed by atoms with van der Waals surface area (Å²) in [5.74, 6) is 0. The molecule has 0 saturated heterocycles. The summed E-state index contributed by atoms with van der Waals surface area (Å²) in [5.41, 5.74) is 10.6. The summed E-state index contributed by atoms with van der Waals surface area (Å²) >= 11 is 0. The molecule has 2 heteroatoms. The molecule has 11 aromatic rings. The highest BCUT2D eigenvalue weighted by molar-refractivity contribution is 6.22. The lowest BCUT2D eigenvalue weighted by Gasteiger charge is -2.18. The number of fused-ring (bicyclic) bond motifs is 10. The van der Waals surface area contributed by atoms with Gasteiger partial charge in [0.1, 0.15) is 11.2 Å². The molecule has 0 radical (unpaired) electrons. The maximum absolute atomic E-state index is 6.41. The van der Waals surface area contributed by atoms with Crippen LogP contribution in [0.1, 0.15) is 0 Å². The summed E-state index contributed by atoms with van der Waals surface area (Å²) < 4.78 is 12.7. The van der Waals surface area contributed by atoms with E-state index in [0.717, 1.165) is 55.0 Å². The SMILES string of the molecule is c1ccc2cc(-c3c4ccccc4c(-c4ccc(-c5ccc6oc7c(ccc8c9ccccc9oc87)c6c5)cc4)c4ccccc34)ccc2c1. The van der Waals surface area contributed by atoms with Crippen LogP contribution in [0.2, 0.25) is 0 Å². The number of hydrogen-bond acceptors (Lipinski definition) is 2. The Hall–Kier alpha value is -6.64. The van der Waals surface area contributed by atoms with Gasteiger partial charge < -0.3 is 8.83 Å². The van der Waals surface area contributed by atoms with E-state index in [4.69, 9.17) is 8.83 Å². The molecule has 0 aliphatic carbocycles. The van der Waals surface area contributed by atoms with Crippen molar-refractivity contribution in [3.8, 4) is 33.4 Å². The van der Waals surface area contributed by atoms with Crippen molar-refractivity contribution in [3.05, 3.63) is 170 Å². The first-order chi connectivity index (χ1) is 24.8. The topological polar surface area (TPSA) is 26.3 Å². The molecular weight excluding hydrogens is 609 g/mol. The van der Waals surface area contributed by atoms with Gasteiger partial charge in [0.25, 0.3) is 0 Å². The van der Waals surface area contributed by atoms with E-state index in [-0.39, 0.29) is 0 Å². The first-order valence-corrected chi connectivity index (χ1v) is 17.1. The predicted octanol–water partition coefficient (Wildman–Crippen LogP) is 13.9. The summed E-state index contributed by atoms with van der Waals surface area (Å²) in [7, 11) is 0. The highest BCUT2D eigenvalue weighted by atomic mass is 16.4. The number of rotatable bonds is 3. The van der Waals surface area contributed by atoms with Gasteiger partial charge in [0, 0.05) is 21.5 Å². The minimum atomic E-state index is 0.798. The molecule has 0 saturated carbocycles. The van der Waals surface area contributed by atoms with Gasteiger partial charge in [0.2, 0.25) is 0 Å². The van der Waals surface area contributed by atoms with Gasteiger partial charge in [-0.05, 0) is 102 Å². The zero-order valence-corrected chi connectivity index (χ0v) is 27.0. The molecule has 50 heavy (non-hydrogen) atoms. The minimum absolute atomic E-state index is 0.798. The van der Waals surface area contributed by atoms with Gasteiger partial charge in [-0.3, -0.25) is 0 Å². The lowest BCUT2D eigenvalue weighted by molar-refractivity contribution is 0.633. The van der Waals surface area contributed by atoms with Gasteiger partial charge in [-0.2, -0.15) is 0 Å². The van der Waals surface area contributed by atoms with Gasteiger partial charge >= 0.3 is 0 Å². The third-order valence-corrected chi connectivity index (χ3v) is 10.5. The normalized spacial score (nSPS) is 12.0. The molecule has 0 bridgehead atoms. The lowest BCUT2D eigenvalue weighted by atomic mass is 9.85. The average Bonchev–Trinajstić information content (AvgIpc) is 3.75. The molecular formula is C48H28O2. The fraction of sp³-hybridized carbons (Fsp3) is 0. The van der Waals surface area contributed by atoms with E-state index < -0.39 is 0 Å². The van der Waals surface area contributed by atoms with Crippen molar-refractivity contribution in [1.82, 2.24) is 0 Å². The first kappa shape index (κ1) is 27.3. The second-order valence-corrected chi connectivity index (χ2v) is 13.2. The van der Waals surface area contributed by atoms with Crippen LogP contribution in [0.5, 0.6) is 0 Å². The molecule has 0 spiro atoms. The highest BCUT2D eigenvalue weighted by Crippen LogP contribution is 2.45. The Morgan fingerprint density at radius 2 is 0.740 bits per heavy atom. The Bertz CT molecular complexity index is 3080. The Morgan fingerprint density at radius 3 is 1.42 bits per heavy atom. The Balaban J connectivity index is 1.05. The molecule has 11 rings (SSSR count). The number of hydrogen-bond donors (Lipinski definition) is 0. The van der Waals surface area contributed by atoms with E-state index >= 15 is 0 Å². The van der Waals surface area contributed by atoms with Crippen LogP contribution in [0.3, 0.4) is 0 Å². The minimum Gasteiger partial charge on any atom is -0.452 e. The summed E-state index contributed by atoms with van der Waals surface area (Å²) in [6.07, 6.45) is 0. The predicted molar refractivity (Wildman–Crippen MR) is 210 cm³/mol. The van der Waals surface area contributed by atoms with Crippen LogP contribution in [0.4, 0.5) is 0 Å². The molecule has 0 aliphatic rings. The summed E-state index contributed by atoms with van der Waals surface area (Å²) in [4.78, 5) is 0. The zero-order chi connectivity index (χ0) is 32.8. The molecule has 2 heterocycles. The second-order valence-electron chi connectivity index (χ2n) is 13.2. The van der Waals surface area contributed by atoms with E-state index in [1.165, 1.54) is 54.6 Å². The van der Waals surface area contributed by atoms with Crippen LogP contribution in [0.15, 0.2) is 179 Å². The summed E-state index contributed by atoms with van der Waals surface area (Å²) in [6, 6.07) is 61.1. The van der Waals surface area contributed by atoms with Gasteiger partial charge in [0.05, 0.1) is 0 Å². The van der Waals surface area contributed by atoms with E-state index in [1.807, 2.05) is 18.2 Å². The van der Waals surface area contributed by atoms with Gasteiger partial charge in [-0.25, -0.2) is 0 Å². The molecule has 232 valence electrons. The van der Waals surface area contributed by atoms with E-state index in [9.17, 15) is 0 Å². The number of furan rings is 2. The summed E-state index contributed by atoms with van der Waals surface area (Å²) in [5, 5.41) is 11.9. The zero-order valence-electron chi connectivity index (χ0n) is 27.0. The maximum atomic E-state index is 6.41. The number of para-hydroxylation sites is 1. The third-order valence-electron chi connectivity index (χ3n) is 10.5. The van der Waals surface area contributed by atoms with Crippen molar-refractivity contribution in [3.63, 3.8) is 0 Å². The van der Waals surface area contributed by atoms with Crippen molar-refractivity contribution in [2.24, 2.45) is 0 Å². The standard InChI is InChI=1S/C48H28O2/c1-2-10-32-27-34(22-19-29(32)9-1)46-38-14-5-3-12-36(38)45(37-13-4-6-15-39(37)46)31-20-17-30(18-21-31)33-23-26-44-42(28-33)41-25-24-40-35-11-7-8-16-43(35)49-47(40)48(41)50-44/h1-28H. The molecule has 9 aromatic carbocycles. The van der Waals surface area contributed by atoms with Crippen LogP contribution < -0.4 is 0 Å². The number of benzene rings is 9. The van der Waals surface area contributed by atoms with Crippen molar-refractivity contribution < 1.29 is 8.83 Å². The molecule has 0 fully saturated rings. The fourth-order valence-electron chi connectivity index (χ4n) is 8.12. The molecule has 2 nitrogen and oxygen atoms in total. The smallest absolute Gasteiger partial charge is 0.178 e. The van der Waals surface area contributed by atoms with E-state index in [0.29, 0.717) is 0 Å². The van der Waals surface area contributed by atoms with Crippen LogP contribution in [-0.4, -0.2) is 0 Å². The van der Waals surface area contributed by atoms with Crippen LogP contribution in [-0.2, 0) is 0 Å². The third kappa shape index (κ3) is 3.96. The van der Waals surface area contributed by atoms with Crippen LogP contribution >= 0.6 is 0 Å². The lowest BCUT2D eigenvalue weighted by Crippen LogP contribution is -1.91. The van der Waals surface area contributed by atoms with Crippen molar-refractivity contribution in [2.75, 3.05) is 0 Å². The fourth-order valence-corrected chi connectivity index (χ4v) is 8.12. The maximum Gasteiger partial charge on any atom is 0.178 e. The summed E-state index contributed by atoms with van der Waals surface area (Å²) in [6.45, 7) is 0. The molecule has 0 unspecified atom stereocenters. The molecule has 0 atom stereocenters. The van der Waals surface area contributed by atoms with Crippen LogP contribution in [0.25, 0.3) is 110 Å². The van der Waals surface area contributed by atoms with E-state index in [2.05, 4.69) is 152 Å². The van der Waals surface area contributed by atoms with Crippen molar-refractivity contribution in [2.45, 2.75) is 0 Å². The van der Waals surface area contributed by atoms with Gasteiger partial charge in [-0.1, -0.05) is 133 Å². The Kier molecular flexibility index (Phi) is 5.70. The molecule has 0 aliphatic heterocycles. The first-order valence-electron chi connectivity index (χ1n) is 17.1. The molecule has 0 N–H and O–H groups in total. The quantitative estimate of drug-likeness (QED) is 0.180. The monoisotopic (exact) mass is 636 g/mol. The molecule has 0 amide bonds.